The van der Waals surface area contributed by atoms with E-state index in [0.717, 1.165) is 25.9 Å². The molecule has 2 saturated heterocycles. The molecule has 2 aliphatic rings. The molecule has 2 aliphatic heterocycles. The summed E-state index contributed by atoms with van der Waals surface area (Å²) in [4.78, 5) is 17.1. The van der Waals surface area contributed by atoms with Gasteiger partial charge in [0.1, 0.15) is 0 Å². The second-order valence-electron chi connectivity index (χ2n) is 5.77. The van der Waals surface area contributed by atoms with E-state index in [4.69, 9.17) is 0 Å². The summed E-state index contributed by atoms with van der Waals surface area (Å²) in [5.41, 5.74) is 0. The van der Waals surface area contributed by atoms with Crippen molar-refractivity contribution >= 4 is 17.7 Å². The standard InChI is InChI=1S/C14H26N2OS/c1-11(2)15-7-4-5-13(14(15)17)16-8-10-18-9-6-12(16)3/h11-13H,4-10H2,1-3H3/t12-,13+/m0/s1. The molecule has 0 aromatic carbocycles. The Balaban J connectivity index is 2.08. The van der Waals surface area contributed by atoms with Crippen molar-refractivity contribution in [3.05, 3.63) is 0 Å². The van der Waals surface area contributed by atoms with E-state index in [2.05, 4.69) is 30.6 Å². The summed E-state index contributed by atoms with van der Waals surface area (Å²) in [6.45, 7) is 8.57. The highest BCUT2D eigenvalue weighted by Crippen LogP contribution is 2.25. The maximum absolute atomic E-state index is 12.6. The SMILES string of the molecule is CC(C)N1CCC[C@@H](N2CCSCC[C@@H]2C)C1=O. The number of amides is 1. The number of hydrogen-bond donors (Lipinski definition) is 0. The first-order valence-corrected chi connectivity index (χ1v) is 8.40. The average molecular weight is 270 g/mol. The first kappa shape index (κ1) is 14.2. The summed E-state index contributed by atoms with van der Waals surface area (Å²) in [6, 6.07) is 1.05. The Bertz CT molecular complexity index is 296. The molecule has 3 nitrogen and oxygen atoms in total. The minimum atomic E-state index is 0.148. The number of piperidine rings is 1. The molecule has 2 rings (SSSR count). The molecule has 0 N–H and O–H groups in total. The highest BCUT2D eigenvalue weighted by Gasteiger charge is 2.36. The Labute approximate surface area is 115 Å². The second kappa shape index (κ2) is 6.29. The molecule has 2 atom stereocenters. The van der Waals surface area contributed by atoms with Crippen molar-refractivity contribution < 1.29 is 4.79 Å². The molecular weight excluding hydrogens is 244 g/mol. The largest absolute Gasteiger partial charge is 0.339 e. The zero-order valence-electron chi connectivity index (χ0n) is 11.9. The molecule has 2 fully saturated rings. The highest BCUT2D eigenvalue weighted by atomic mass is 32.2. The van der Waals surface area contributed by atoms with Gasteiger partial charge < -0.3 is 4.90 Å². The van der Waals surface area contributed by atoms with Crippen molar-refractivity contribution in [2.45, 2.75) is 58.2 Å². The van der Waals surface area contributed by atoms with Gasteiger partial charge in [0.15, 0.2) is 0 Å². The monoisotopic (exact) mass is 270 g/mol. The maximum atomic E-state index is 12.6. The van der Waals surface area contributed by atoms with Gasteiger partial charge in [-0.25, -0.2) is 0 Å². The first-order valence-electron chi connectivity index (χ1n) is 7.25. The third kappa shape index (κ3) is 3.02. The molecule has 0 unspecified atom stereocenters. The van der Waals surface area contributed by atoms with E-state index in [1.54, 1.807) is 0 Å². The van der Waals surface area contributed by atoms with E-state index >= 15 is 0 Å². The molecule has 0 saturated carbocycles. The Morgan fingerprint density at radius 2 is 2.00 bits per heavy atom. The van der Waals surface area contributed by atoms with E-state index in [0.29, 0.717) is 18.0 Å². The Morgan fingerprint density at radius 1 is 1.22 bits per heavy atom. The van der Waals surface area contributed by atoms with Crippen molar-refractivity contribution in [1.29, 1.82) is 0 Å². The molecular formula is C14H26N2OS. The smallest absolute Gasteiger partial charge is 0.240 e. The van der Waals surface area contributed by atoms with E-state index in [-0.39, 0.29) is 6.04 Å². The number of nitrogens with zero attached hydrogens (tertiary/aromatic N) is 2. The van der Waals surface area contributed by atoms with Crippen molar-refractivity contribution in [3.8, 4) is 0 Å². The van der Waals surface area contributed by atoms with Gasteiger partial charge in [0, 0.05) is 30.9 Å². The zero-order valence-corrected chi connectivity index (χ0v) is 12.7. The molecule has 0 aliphatic carbocycles. The summed E-state index contributed by atoms with van der Waals surface area (Å²) in [7, 11) is 0. The Kier molecular flexibility index (Phi) is 4.96. The summed E-state index contributed by atoms with van der Waals surface area (Å²) < 4.78 is 0. The van der Waals surface area contributed by atoms with Gasteiger partial charge in [0.05, 0.1) is 6.04 Å². The lowest BCUT2D eigenvalue weighted by molar-refractivity contribution is -0.143. The van der Waals surface area contributed by atoms with Crippen LogP contribution in [0.25, 0.3) is 0 Å². The molecule has 4 heteroatoms. The van der Waals surface area contributed by atoms with Crippen LogP contribution in [0.5, 0.6) is 0 Å². The quantitative estimate of drug-likeness (QED) is 0.768. The molecule has 104 valence electrons. The van der Waals surface area contributed by atoms with E-state index < -0.39 is 0 Å². The predicted molar refractivity (Wildman–Crippen MR) is 78.0 cm³/mol. The van der Waals surface area contributed by atoms with Gasteiger partial charge in [-0.2, -0.15) is 11.8 Å². The summed E-state index contributed by atoms with van der Waals surface area (Å²) >= 11 is 2.03. The topological polar surface area (TPSA) is 23.6 Å². The van der Waals surface area contributed by atoms with Crippen LogP contribution >= 0.6 is 11.8 Å². The number of hydrogen-bond acceptors (Lipinski definition) is 3. The van der Waals surface area contributed by atoms with Crippen LogP contribution in [0.15, 0.2) is 0 Å². The van der Waals surface area contributed by atoms with E-state index in [1.165, 1.54) is 17.9 Å². The Morgan fingerprint density at radius 3 is 2.72 bits per heavy atom. The van der Waals surface area contributed by atoms with Gasteiger partial charge >= 0.3 is 0 Å². The van der Waals surface area contributed by atoms with Crippen LogP contribution in [0, 0.1) is 0 Å². The number of carbonyl (C=O) groups is 1. The van der Waals surface area contributed by atoms with Crippen molar-refractivity contribution in [2.24, 2.45) is 0 Å². The average Bonchev–Trinajstić information content (AvgIpc) is 2.54. The fraction of sp³-hybridized carbons (Fsp3) is 0.929. The molecule has 18 heavy (non-hydrogen) atoms. The van der Waals surface area contributed by atoms with Crippen molar-refractivity contribution in [3.63, 3.8) is 0 Å². The summed E-state index contributed by atoms with van der Waals surface area (Å²) in [5, 5.41) is 0. The summed E-state index contributed by atoms with van der Waals surface area (Å²) in [6.07, 6.45) is 3.43. The molecule has 0 aromatic heterocycles. The minimum Gasteiger partial charge on any atom is -0.339 e. The zero-order chi connectivity index (χ0) is 13.1. The fourth-order valence-corrected chi connectivity index (χ4v) is 4.13. The minimum absolute atomic E-state index is 0.148. The van der Waals surface area contributed by atoms with Crippen LogP contribution in [-0.4, -0.2) is 58.4 Å². The number of rotatable bonds is 2. The molecule has 0 bridgehead atoms. The van der Waals surface area contributed by atoms with Gasteiger partial charge in [-0.05, 0) is 45.8 Å². The molecule has 0 spiro atoms. The Hall–Kier alpha value is -0.220. The van der Waals surface area contributed by atoms with Crippen LogP contribution in [0.1, 0.15) is 40.0 Å². The summed E-state index contributed by atoms with van der Waals surface area (Å²) in [5.74, 6) is 2.79. The van der Waals surface area contributed by atoms with Crippen LogP contribution in [0.4, 0.5) is 0 Å². The molecule has 1 amide bonds. The number of thioether (sulfide) groups is 1. The van der Waals surface area contributed by atoms with Crippen molar-refractivity contribution in [1.82, 2.24) is 9.80 Å². The lowest BCUT2D eigenvalue weighted by Crippen LogP contribution is -2.56. The predicted octanol–water partition coefficient (Wildman–Crippen LogP) is 2.21. The van der Waals surface area contributed by atoms with Crippen LogP contribution in [-0.2, 0) is 4.79 Å². The highest BCUT2D eigenvalue weighted by molar-refractivity contribution is 7.99. The first-order chi connectivity index (χ1) is 8.61. The van der Waals surface area contributed by atoms with Crippen LogP contribution in [0.3, 0.4) is 0 Å². The van der Waals surface area contributed by atoms with E-state index in [9.17, 15) is 4.79 Å². The molecule has 0 radical (unpaired) electrons. The van der Waals surface area contributed by atoms with Gasteiger partial charge in [0.25, 0.3) is 0 Å². The lowest BCUT2D eigenvalue weighted by atomic mass is 9.99. The maximum Gasteiger partial charge on any atom is 0.240 e. The second-order valence-corrected chi connectivity index (χ2v) is 7.00. The fourth-order valence-electron chi connectivity index (χ4n) is 3.08. The third-order valence-electron chi connectivity index (χ3n) is 4.21. The van der Waals surface area contributed by atoms with Gasteiger partial charge in [0.2, 0.25) is 5.91 Å². The van der Waals surface area contributed by atoms with Crippen molar-refractivity contribution in [2.75, 3.05) is 24.6 Å². The number of likely N-dealkylation sites (tertiary alicyclic amines) is 1. The van der Waals surface area contributed by atoms with E-state index in [1.807, 2.05) is 11.8 Å². The number of carbonyl (C=O) groups excluding carboxylic acids is 1. The van der Waals surface area contributed by atoms with Crippen LogP contribution in [0.2, 0.25) is 0 Å². The third-order valence-corrected chi connectivity index (χ3v) is 5.20. The normalized spacial score (nSPS) is 31.8. The van der Waals surface area contributed by atoms with Gasteiger partial charge in [-0.15, -0.1) is 0 Å². The molecule has 2 heterocycles. The molecule has 0 aromatic rings. The van der Waals surface area contributed by atoms with Gasteiger partial charge in [-0.3, -0.25) is 9.69 Å². The van der Waals surface area contributed by atoms with Gasteiger partial charge in [-0.1, -0.05) is 0 Å². The van der Waals surface area contributed by atoms with Crippen LogP contribution < -0.4 is 0 Å². The lowest BCUT2D eigenvalue weighted by Gasteiger charge is -2.42.